The van der Waals surface area contributed by atoms with E-state index in [9.17, 15) is 0 Å². The molecule has 1 aliphatic rings. The van der Waals surface area contributed by atoms with E-state index in [4.69, 9.17) is 9.47 Å². The fraction of sp³-hybridized carbons (Fsp3) is 0.529. The molecule has 104 valence electrons. The molecule has 2 heteroatoms. The highest BCUT2D eigenvalue weighted by molar-refractivity contribution is 5.16. The standard InChI is InChI=1S/C17H24O2/c1-3-8-15-11-7-12-16(19-15)17(18-2)13-14-9-5-4-6-10-14/h3-6,8-10,15-17H,7,11-13H2,1-2H3/b8-3+/t15?,16-,17+/m0/s1. The number of benzene rings is 1. The number of hydrogen-bond acceptors (Lipinski definition) is 2. The maximum absolute atomic E-state index is 6.14. The molecular weight excluding hydrogens is 236 g/mol. The van der Waals surface area contributed by atoms with Crippen molar-refractivity contribution in [3.8, 4) is 0 Å². The first-order chi connectivity index (χ1) is 9.33. The van der Waals surface area contributed by atoms with E-state index in [0.29, 0.717) is 0 Å². The minimum Gasteiger partial charge on any atom is -0.378 e. The summed E-state index contributed by atoms with van der Waals surface area (Å²) in [6.07, 6.45) is 9.21. The van der Waals surface area contributed by atoms with Gasteiger partial charge < -0.3 is 9.47 Å². The smallest absolute Gasteiger partial charge is 0.0873 e. The molecule has 0 spiro atoms. The monoisotopic (exact) mass is 260 g/mol. The van der Waals surface area contributed by atoms with E-state index in [-0.39, 0.29) is 18.3 Å². The quantitative estimate of drug-likeness (QED) is 0.751. The molecule has 0 aliphatic carbocycles. The number of allylic oxidation sites excluding steroid dienone is 1. The summed E-state index contributed by atoms with van der Waals surface area (Å²) >= 11 is 0. The zero-order valence-electron chi connectivity index (χ0n) is 11.9. The average Bonchev–Trinajstić information content (AvgIpc) is 2.46. The van der Waals surface area contributed by atoms with Gasteiger partial charge in [-0.1, -0.05) is 42.5 Å². The topological polar surface area (TPSA) is 18.5 Å². The molecule has 2 nitrogen and oxygen atoms in total. The number of ether oxygens (including phenoxy) is 2. The molecule has 19 heavy (non-hydrogen) atoms. The molecule has 0 radical (unpaired) electrons. The van der Waals surface area contributed by atoms with E-state index < -0.39 is 0 Å². The van der Waals surface area contributed by atoms with Crippen molar-refractivity contribution in [1.82, 2.24) is 0 Å². The zero-order valence-corrected chi connectivity index (χ0v) is 11.9. The van der Waals surface area contributed by atoms with Crippen molar-refractivity contribution in [2.45, 2.75) is 50.9 Å². The average molecular weight is 260 g/mol. The second kappa shape index (κ2) is 7.46. The van der Waals surface area contributed by atoms with Crippen LogP contribution < -0.4 is 0 Å². The van der Waals surface area contributed by atoms with Crippen LogP contribution >= 0.6 is 0 Å². The van der Waals surface area contributed by atoms with Gasteiger partial charge in [0.05, 0.1) is 18.3 Å². The molecular formula is C17H24O2. The van der Waals surface area contributed by atoms with Gasteiger partial charge in [-0.15, -0.1) is 0 Å². The largest absolute Gasteiger partial charge is 0.378 e. The Hall–Kier alpha value is -1.12. The second-order valence-electron chi connectivity index (χ2n) is 5.13. The van der Waals surface area contributed by atoms with E-state index in [2.05, 4.69) is 36.4 Å². The Bertz CT molecular complexity index is 386. The van der Waals surface area contributed by atoms with E-state index >= 15 is 0 Å². The van der Waals surface area contributed by atoms with Crippen molar-refractivity contribution < 1.29 is 9.47 Å². The lowest BCUT2D eigenvalue weighted by molar-refractivity contribution is -0.100. The van der Waals surface area contributed by atoms with Crippen LogP contribution in [-0.4, -0.2) is 25.4 Å². The molecule has 1 heterocycles. The van der Waals surface area contributed by atoms with Gasteiger partial charge in [0.25, 0.3) is 0 Å². The van der Waals surface area contributed by atoms with Crippen molar-refractivity contribution in [1.29, 1.82) is 0 Å². The molecule has 1 saturated heterocycles. The van der Waals surface area contributed by atoms with E-state index in [0.717, 1.165) is 19.3 Å². The van der Waals surface area contributed by atoms with Gasteiger partial charge in [-0.2, -0.15) is 0 Å². The molecule has 3 atom stereocenters. The van der Waals surface area contributed by atoms with Gasteiger partial charge in [-0.05, 0) is 31.7 Å². The minimum absolute atomic E-state index is 0.149. The lowest BCUT2D eigenvalue weighted by Gasteiger charge is -2.33. The van der Waals surface area contributed by atoms with Crippen LogP contribution in [0.1, 0.15) is 31.7 Å². The lowest BCUT2D eigenvalue weighted by atomic mass is 9.96. The molecule has 0 aromatic heterocycles. The Kier molecular flexibility index (Phi) is 5.62. The molecule has 2 rings (SSSR count). The highest BCUT2D eigenvalue weighted by atomic mass is 16.5. The van der Waals surface area contributed by atoms with Gasteiger partial charge in [0.2, 0.25) is 0 Å². The van der Waals surface area contributed by atoms with Crippen molar-refractivity contribution in [2.24, 2.45) is 0 Å². The van der Waals surface area contributed by atoms with Crippen LogP contribution in [0.25, 0.3) is 0 Å². The third-order valence-corrected chi connectivity index (χ3v) is 3.73. The van der Waals surface area contributed by atoms with Crippen molar-refractivity contribution in [3.05, 3.63) is 48.0 Å². The summed E-state index contributed by atoms with van der Waals surface area (Å²) in [5, 5.41) is 0. The first-order valence-corrected chi connectivity index (χ1v) is 7.18. The van der Waals surface area contributed by atoms with E-state index in [1.165, 1.54) is 12.0 Å². The molecule has 1 aromatic carbocycles. The summed E-state index contributed by atoms with van der Waals surface area (Å²) in [5.41, 5.74) is 1.31. The number of rotatable bonds is 5. The van der Waals surface area contributed by atoms with Gasteiger partial charge in [-0.3, -0.25) is 0 Å². The lowest BCUT2D eigenvalue weighted by Crippen LogP contribution is -2.38. The van der Waals surface area contributed by atoms with Gasteiger partial charge >= 0.3 is 0 Å². The third-order valence-electron chi connectivity index (χ3n) is 3.73. The van der Waals surface area contributed by atoms with Gasteiger partial charge in [-0.25, -0.2) is 0 Å². The Morgan fingerprint density at radius 1 is 1.32 bits per heavy atom. The molecule has 0 bridgehead atoms. The van der Waals surface area contributed by atoms with Crippen LogP contribution in [0.3, 0.4) is 0 Å². The fourth-order valence-electron chi connectivity index (χ4n) is 2.72. The zero-order chi connectivity index (χ0) is 13.5. The first-order valence-electron chi connectivity index (χ1n) is 7.18. The molecule has 1 aliphatic heterocycles. The minimum atomic E-state index is 0.149. The normalized spacial score (nSPS) is 25.6. The van der Waals surface area contributed by atoms with Crippen LogP contribution in [0, 0.1) is 0 Å². The van der Waals surface area contributed by atoms with E-state index in [1.807, 2.05) is 13.0 Å². The van der Waals surface area contributed by atoms with Crippen LogP contribution in [-0.2, 0) is 15.9 Å². The summed E-state index contributed by atoms with van der Waals surface area (Å²) in [7, 11) is 1.79. The Morgan fingerprint density at radius 2 is 2.11 bits per heavy atom. The molecule has 0 N–H and O–H groups in total. The Labute approximate surface area is 116 Å². The van der Waals surface area contributed by atoms with Crippen LogP contribution in [0.5, 0.6) is 0 Å². The van der Waals surface area contributed by atoms with Crippen molar-refractivity contribution in [3.63, 3.8) is 0 Å². The predicted molar refractivity (Wildman–Crippen MR) is 78.3 cm³/mol. The van der Waals surface area contributed by atoms with Crippen LogP contribution in [0.15, 0.2) is 42.5 Å². The SMILES string of the molecule is C/C=C/C1CCC[C@@H]([C@@H](Cc2ccccc2)OC)O1. The van der Waals surface area contributed by atoms with Gasteiger partial charge in [0.15, 0.2) is 0 Å². The van der Waals surface area contributed by atoms with Crippen molar-refractivity contribution in [2.75, 3.05) is 7.11 Å². The van der Waals surface area contributed by atoms with Crippen LogP contribution in [0.2, 0.25) is 0 Å². The molecule has 1 unspecified atom stereocenters. The maximum atomic E-state index is 6.14. The Morgan fingerprint density at radius 3 is 2.79 bits per heavy atom. The number of methoxy groups -OCH3 is 1. The molecule has 0 amide bonds. The summed E-state index contributed by atoms with van der Waals surface area (Å²) in [5.74, 6) is 0. The first kappa shape index (κ1) is 14.3. The Balaban J connectivity index is 1.97. The summed E-state index contributed by atoms with van der Waals surface area (Å²) < 4.78 is 11.8. The van der Waals surface area contributed by atoms with Crippen LogP contribution in [0.4, 0.5) is 0 Å². The van der Waals surface area contributed by atoms with Gasteiger partial charge in [0.1, 0.15) is 0 Å². The summed E-state index contributed by atoms with van der Waals surface area (Å²) in [6, 6.07) is 10.5. The summed E-state index contributed by atoms with van der Waals surface area (Å²) in [6.45, 7) is 2.05. The summed E-state index contributed by atoms with van der Waals surface area (Å²) in [4.78, 5) is 0. The number of hydrogen-bond donors (Lipinski definition) is 0. The van der Waals surface area contributed by atoms with Gasteiger partial charge in [0, 0.05) is 13.5 Å². The second-order valence-corrected chi connectivity index (χ2v) is 5.13. The van der Waals surface area contributed by atoms with E-state index in [1.54, 1.807) is 7.11 Å². The highest BCUT2D eigenvalue weighted by Gasteiger charge is 2.28. The fourth-order valence-corrected chi connectivity index (χ4v) is 2.72. The maximum Gasteiger partial charge on any atom is 0.0873 e. The molecule has 1 fully saturated rings. The highest BCUT2D eigenvalue weighted by Crippen LogP contribution is 2.25. The molecule has 0 saturated carbocycles. The van der Waals surface area contributed by atoms with Crippen molar-refractivity contribution >= 4 is 0 Å². The predicted octanol–water partition coefficient (Wildman–Crippen LogP) is 3.76. The molecule has 1 aromatic rings. The third kappa shape index (κ3) is 4.19.